The molecule has 260 valence electrons. The third-order valence-electron chi connectivity index (χ3n) is 12.3. The van der Waals surface area contributed by atoms with Gasteiger partial charge < -0.3 is 4.57 Å². The van der Waals surface area contributed by atoms with Gasteiger partial charge in [0.1, 0.15) is 5.69 Å². The predicted molar refractivity (Wildman–Crippen MR) is 226 cm³/mol. The second-order valence-electron chi connectivity index (χ2n) is 16.5. The lowest BCUT2D eigenvalue weighted by atomic mass is 9.63. The summed E-state index contributed by atoms with van der Waals surface area (Å²) in [5, 5.41) is 7.48. The summed E-state index contributed by atoms with van der Waals surface area (Å²) in [5.74, 6) is 0.830. The van der Waals surface area contributed by atoms with Gasteiger partial charge in [-0.05, 0) is 100 Å². The highest BCUT2D eigenvalue weighted by Gasteiger charge is 2.38. The molecule has 7 aromatic carbocycles. The largest absolute Gasteiger partial charge is 0.309 e. The summed E-state index contributed by atoms with van der Waals surface area (Å²) in [7, 11) is 0. The van der Waals surface area contributed by atoms with E-state index in [0.29, 0.717) is 0 Å². The molecule has 0 unspecified atom stereocenters. The van der Waals surface area contributed by atoms with E-state index in [1.54, 1.807) is 0 Å². The molecule has 0 saturated heterocycles. The lowest BCUT2D eigenvalue weighted by Gasteiger charge is -2.42. The molecule has 4 heteroatoms. The van der Waals surface area contributed by atoms with Crippen LogP contribution in [0.15, 0.2) is 146 Å². The van der Waals surface area contributed by atoms with Crippen LogP contribution >= 0.6 is 0 Å². The maximum atomic E-state index is 5.46. The molecule has 54 heavy (non-hydrogen) atoms. The lowest BCUT2D eigenvalue weighted by molar-refractivity contribution is 0.332. The lowest BCUT2D eigenvalue weighted by Crippen LogP contribution is -2.33. The van der Waals surface area contributed by atoms with Crippen LogP contribution < -0.4 is 0 Å². The van der Waals surface area contributed by atoms with Gasteiger partial charge in [0.25, 0.3) is 0 Å². The Labute approximate surface area is 314 Å². The normalized spacial score (nSPS) is 15.2. The average molecular weight is 697 g/mol. The summed E-state index contributed by atoms with van der Waals surface area (Å²) in [6.07, 6.45) is 2.35. The second-order valence-corrected chi connectivity index (χ2v) is 16.5. The third kappa shape index (κ3) is 4.43. The molecule has 0 saturated carbocycles. The number of rotatable bonds is 3. The van der Waals surface area contributed by atoms with Crippen LogP contribution in [0.25, 0.3) is 88.2 Å². The molecule has 0 aliphatic heterocycles. The molecule has 4 nitrogen and oxygen atoms in total. The highest BCUT2D eigenvalue weighted by molar-refractivity contribution is 6.25. The maximum Gasteiger partial charge on any atom is 0.165 e. The molecule has 0 radical (unpaired) electrons. The maximum absolute atomic E-state index is 5.46. The molecule has 0 fully saturated rings. The van der Waals surface area contributed by atoms with Gasteiger partial charge in [-0.15, -0.1) is 0 Å². The number of hydrogen-bond acceptors (Lipinski definition) is 2. The van der Waals surface area contributed by atoms with E-state index >= 15 is 0 Å². The van der Waals surface area contributed by atoms with Crippen molar-refractivity contribution in [2.24, 2.45) is 0 Å². The minimum Gasteiger partial charge on any atom is -0.309 e. The van der Waals surface area contributed by atoms with Gasteiger partial charge in [-0.1, -0.05) is 119 Å². The topological polar surface area (TPSA) is 35.6 Å². The molecule has 0 spiro atoms. The van der Waals surface area contributed by atoms with Crippen molar-refractivity contribution in [3.8, 4) is 22.8 Å². The van der Waals surface area contributed by atoms with Crippen molar-refractivity contribution >= 4 is 65.4 Å². The number of hydrogen-bond donors (Lipinski definition) is 0. The van der Waals surface area contributed by atoms with Crippen LogP contribution in [0, 0.1) is 0 Å². The van der Waals surface area contributed by atoms with Gasteiger partial charge >= 0.3 is 0 Å². The molecule has 0 atom stereocenters. The molecular formula is C50H40N4. The van der Waals surface area contributed by atoms with Crippen molar-refractivity contribution < 1.29 is 0 Å². The van der Waals surface area contributed by atoms with E-state index in [2.05, 4.69) is 170 Å². The van der Waals surface area contributed by atoms with Crippen LogP contribution in [0.1, 0.15) is 51.7 Å². The molecule has 0 N–H and O–H groups in total. The van der Waals surface area contributed by atoms with Gasteiger partial charge in [-0.2, -0.15) is 0 Å². The summed E-state index contributed by atoms with van der Waals surface area (Å²) < 4.78 is 4.87. The van der Waals surface area contributed by atoms with Crippen molar-refractivity contribution in [1.29, 1.82) is 0 Å². The van der Waals surface area contributed by atoms with Gasteiger partial charge in [0, 0.05) is 32.8 Å². The Morgan fingerprint density at radius 2 is 1.06 bits per heavy atom. The summed E-state index contributed by atoms with van der Waals surface area (Å²) in [5.41, 5.74) is 12.6. The number of aromatic nitrogens is 4. The first-order valence-corrected chi connectivity index (χ1v) is 19.1. The van der Waals surface area contributed by atoms with Crippen LogP contribution in [0.3, 0.4) is 0 Å². The minimum atomic E-state index is 0.0933. The Balaban J connectivity index is 1.35. The molecule has 0 amide bonds. The molecule has 10 aromatic rings. The van der Waals surface area contributed by atoms with E-state index in [0.717, 1.165) is 44.8 Å². The standard InChI is InChI=1S/C50H40N4/c1-49(2)25-26-50(3,4)39-29-43-36(28-38(39)49)35-27-37-45(30-44(35)53(43)33-18-9-6-10-19-33)54(42-24-23-31-15-11-12-20-34(31)46(37)42)48-47(32-16-7-5-8-17-32)51-40-21-13-14-22-41(40)52-48/h5-24,27-30H,25-26H2,1-4H3. The van der Waals surface area contributed by atoms with Crippen LogP contribution in [0.5, 0.6) is 0 Å². The monoisotopic (exact) mass is 696 g/mol. The van der Waals surface area contributed by atoms with E-state index in [-0.39, 0.29) is 10.8 Å². The molecular weight excluding hydrogens is 657 g/mol. The number of fused-ring (bicyclic) bond motifs is 10. The van der Waals surface area contributed by atoms with Gasteiger partial charge in [-0.25, -0.2) is 9.97 Å². The fourth-order valence-corrected chi connectivity index (χ4v) is 9.38. The van der Waals surface area contributed by atoms with Crippen LogP contribution in [-0.2, 0) is 10.8 Å². The zero-order valence-electron chi connectivity index (χ0n) is 31.1. The van der Waals surface area contributed by atoms with Crippen LogP contribution in [0.2, 0.25) is 0 Å². The number of nitrogens with zero attached hydrogens (tertiary/aromatic N) is 4. The third-order valence-corrected chi connectivity index (χ3v) is 12.3. The fourth-order valence-electron chi connectivity index (χ4n) is 9.38. The molecule has 3 aromatic heterocycles. The van der Waals surface area contributed by atoms with E-state index in [1.807, 2.05) is 12.1 Å². The minimum absolute atomic E-state index is 0.0933. The molecule has 1 aliphatic rings. The molecule has 3 heterocycles. The van der Waals surface area contributed by atoms with Crippen LogP contribution in [0.4, 0.5) is 0 Å². The Kier molecular flexibility index (Phi) is 6.45. The van der Waals surface area contributed by atoms with Gasteiger partial charge in [0.15, 0.2) is 5.82 Å². The van der Waals surface area contributed by atoms with Crippen molar-refractivity contribution in [2.75, 3.05) is 0 Å². The highest BCUT2D eigenvalue weighted by atomic mass is 15.1. The smallest absolute Gasteiger partial charge is 0.165 e. The molecule has 1 aliphatic carbocycles. The predicted octanol–water partition coefficient (Wildman–Crippen LogP) is 13.0. The Morgan fingerprint density at radius 1 is 0.463 bits per heavy atom. The first-order chi connectivity index (χ1) is 26.3. The van der Waals surface area contributed by atoms with Crippen molar-refractivity contribution in [3.05, 3.63) is 157 Å². The van der Waals surface area contributed by atoms with Crippen LogP contribution in [-0.4, -0.2) is 19.1 Å². The Morgan fingerprint density at radius 3 is 1.81 bits per heavy atom. The Hall–Kier alpha value is -6.26. The van der Waals surface area contributed by atoms with E-state index in [4.69, 9.17) is 9.97 Å². The summed E-state index contributed by atoms with van der Waals surface area (Å²) in [4.78, 5) is 10.8. The van der Waals surface area contributed by atoms with Gasteiger partial charge in [0.2, 0.25) is 0 Å². The number of para-hydroxylation sites is 3. The summed E-state index contributed by atoms with van der Waals surface area (Å²) in [6.45, 7) is 9.70. The zero-order chi connectivity index (χ0) is 36.3. The molecule has 0 bridgehead atoms. The zero-order valence-corrected chi connectivity index (χ0v) is 31.1. The fraction of sp³-hybridized carbons (Fsp3) is 0.160. The van der Waals surface area contributed by atoms with Gasteiger partial charge in [-0.3, -0.25) is 4.57 Å². The highest BCUT2D eigenvalue weighted by Crippen LogP contribution is 2.49. The quantitative estimate of drug-likeness (QED) is 0.184. The molecule has 11 rings (SSSR count). The Bertz CT molecular complexity index is 3150. The van der Waals surface area contributed by atoms with E-state index in [1.165, 1.54) is 67.3 Å². The summed E-state index contributed by atoms with van der Waals surface area (Å²) in [6, 6.07) is 52.9. The summed E-state index contributed by atoms with van der Waals surface area (Å²) >= 11 is 0. The first-order valence-electron chi connectivity index (χ1n) is 19.1. The first kappa shape index (κ1) is 31.3. The van der Waals surface area contributed by atoms with E-state index < -0.39 is 0 Å². The van der Waals surface area contributed by atoms with Crippen molar-refractivity contribution in [2.45, 2.75) is 51.4 Å². The van der Waals surface area contributed by atoms with E-state index in [9.17, 15) is 0 Å². The van der Waals surface area contributed by atoms with Crippen molar-refractivity contribution in [1.82, 2.24) is 19.1 Å². The SMILES string of the molecule is CC1(C)CCC(C)(C)c2cc3c(cc21)c1cc2c4c5ccccc5ccc4n(-c4nc5ccccc5nc4-c4ccccc4)c2cc1n3-c1ccccc1. The van der Waals surface area contributed by atoms with Crippen molar-refractivity contribution in [3.63, 3.8) is 0 Å². The average Bonchev–Trinajstić information content (AvgIpc) is 3.70. The van der Waals surface area contributed by atoms with Gasteiger partial charge in [0.05, 0.1) is 33.1 Å². The number of benzene rings is 7. The second kappa shape index (κ2) is 11.1.